The Morgan fingerprint density at radius 3 is 2.78 bits per heavy atom. The van der Waals surface area contributed by atoms with Gasteiger partial charge in [-0.15, -0.1) is 0 Å². The molecule has 4 N–H and O–H groups in total. The standard InChI is InChI=1S/C11H14BrN3O3/c1-18-6-7-8(12)3-2-4-9(7)14-5-10(16)15-11(13)17/h2-4,14H,5-6H2,1H3,(H3,13,15,16,17). The van der Waals surface area contributed by atoms with Crippen molar-refractivity contribution in [3.05, 3.63) is 28.2 Å². The monoisotopic (exact) mass is 315 g/mol. The van der Waals surface area contributed by atoms with Crippen LogP contribution < -0.4 is 16.4 Å². The fourth-order valence-electron chi connectivity index (χ4n) is 1.37. The molecule has 0 aromatic heterocycles. The lowest BCUT2D eigenvalue weighted by Crippen LogP contribution is -2.38. The van der Waals surface area contributed by atoms with E-state index in [1.54, 1.807) is 7.11 Å². The Balaban J connectivity index is 2.69. The Kier molecular flexibility index (Phi) is 5.60. The molecule has 0 aliphatic carbocycles. The topological polar surface area (TPSA) is 93.4 Å². The first-order valence-electron chi connectivity index (χ1n) is 5.14. The van der Waals surface area contributed by atoms with Crippen LogP contribution in [0, 0.1) is 0 Å². The van der Waals surface area contributed by atoms with Gasteiger partial charge in [0, 0.05) is 22.8 Å². The molecule has 0 spiro atoms. The fourth-order valence-corrected chi connectivity index (χ4v) is 1.85. The van der Waals surface area contributed by atoms with Crippen molar-refractivity contribution in [3.8, 4) is 0 Å². The number of rotatable bonds is 5. The molecule has 0 unspecified atom stereocenters. The van der Waals surface area contributed by atoms with Crippen LogP contribution >= 0.6 is 15.9 Å². The molecule has 7 heteroatoms. The maximum Gasteiger partial charge on any atom is 0.318 e. The van der Waals surface area contributed by atoms with E-state index < -0.39 is 11.9 Å². The van der Waals surface area contributed by atoms with Gasteiger partial charge in [0.1, 0.15) is 0 Å². The first-order chi connectivity index (χ1) is 8.54. The number of carbonyl (C=O) groups is 2. The van der Waals surface area contributed by atoms with Gasteiger partial charge in [0.2, 0.25) is 5.91 Å². The van der Waals surface area contributed by atoms with Crippen molar-refractivity contribution < 1.29 is 14.3 Å². The number of benzene rings is 1. The zero-order valence-electron chi connectivity index (χ0n) is 9.83. The van der Waals surface area contributed by atoms with Crippen molar-refractivity contribution in [2.75, 3.05) is 19.0 Å². The molecule has 0 aliphatic heterocycles. The Labute approximate surface area is 113 Å². The predicted octanol–water partition coefficient (Wildman–Crippen LogP) is 1.20. The van der Waals surface area contributed by atoms with E-state index >= 15 is 0 Å². The van der Waals surface area contributed by atoms with Gasteiger partial charge in [-0.3, -0.25) is 10.1 Å². The lowest BCUT2D eigenvalue weighted by atomic mass is 10.2. The number of hydrogen-bond donors (Lipinski definition) is 3. The molecule has 18 heavy (non-hydrogen) atoms. The number of urea groups is 1. The maximum absolute atomic E-state index is 11.3. The van der Waals surface area contributed by atoms with E-state index in [4.69, 9.17) is 10.5 Å². The molecule has 98 valence electrons. The minimum atomic E-state index is -0.867. The third kappa shape index (κ3) is 4.34. The summed E-state index contributed by atoms with van der Waals surface area (Å²) < 4.78 is 5.96. The van der Waals surface area contributed by atoms with Gasteiger partial charge in [0.05, 0.1) is 13.2 Å². The Morgan fingerprint density at radius 2 is 2.17 bits per heavy atom. The molecule has 6 nitrogen and oxygen atoms in total. The van der Waals surface area contributed by atoms with Gasteiger partial charge in [-0.25, -0.2) is 4.79 Å². The van der Waals surface area contributed by atoms with E-state index in [0.29, 0.717) is 6.61 Å². The summed E-state index contributed by atoms with van der Waals surface area (Å²) >= 11 is 3.40. The highest BCUT2D eigenvalue weighted by atomic mass is 79.9. The quantitative estimate of drug-likeness (QED) is 0.761. The highest BCUT2D eigenvalue weighted by molar-refractivity contribution is 9.10. The van der Waals surface area contributed by atoms with Crippen LogP contribution in [0.3, 0.4) is 0 Å². The summed E-state index contributed by atoms with van der Waals surface area (Å²) in [5.74, 6) is -0.495. The van der Waals surface area contributed by atoms with Gasteiger partial charge in [-0.1, -0.05) is 22.0 Å². The predicted molar refractivity (Wildman–Crippen MR) is 71.1 cm³/mol. The van der Waals surface area contributed by atoms with Crippen LogP contribution in [0.5, 0.6) is 0 Å². The van der Waals surface area contributed by atoms with Crippen LogP contribution in [0.4, 0.5) is 10.5 Å². The normalized spacial score (nSPS) is 9.89. The number of anilines is 1. The fraction of sp³-hybridized carbons (Fsp3) is 0.273. The number of halogens is 1. The summed E-state index contributed by atoms with van der Waals surface area (Å²) in [5.41, 5.74) is 6.49. The molecule has 0 atom stereocenters. The van der Waals surface area contributed by atoms with Gasteiger partial charge in [-0.2, -0.15) is 0 Å². The highest BCUT2D eigenvalue weighted by Gasteiger charge is 2.08. The summed E-state index contributed by atoms with van der Waals surface area (Å²) in [6, 6.07) is 4.66. The van der Waals surface area contributed by atoms with Gasteiger partial charge < -0.3 is 15.8 Å². The van der Waals surface area contributed by atoms with Crippen LogP contribution in [0.1, 0.15) is 5.56 Å². The summed E-state index contributed by atoms with van der Waals surface area (Å²) in [5, 5.41) is 4.89. The zero-order chi connectivity index (χ0) is 13.5. The van der Waals surface area contributed by atoms with Crippen molar-refractivity contribution in [1.29, 1.82) is 0 Å². The first kappa shape index (κ1) is 14.5. The second-order valence-electron chi connectivity index (χ2n) is 3.46. The first-order valence-corrected chi connectivity index (χ1v) is 5.93. The summed E-state index contributed by atoms with van der Waals surface area (Å²) in [4.78, 5) is 21.7. The molecule has 0 bridgehead atoms. The van der Waals surface area contributed by atoms with E-state index in [1.807, 2.05) is 23.5 Å². The Morgan fingerprint density at radius 1 is 1.44 bits per heavy atom. The van der Waals surface area contributed by atoms with E-state index in [9.17, 15) is 9.59 Å². The number of amides is 3. The van der Waals surface area contributed by atoms with Crippen LogP contribution in [-0.2, 0) is 16.1 Å². The zero-order valence-corrected chi connectivity index (χ0v) is 11.4. The number of nitrogens with two attached hydrogens (primary N) is 1. The van der Waals surface area contributed by atoms with Crippen molar-refractivity contribution in [3.63, 3.8) is 0 Å². The second kappa shape index (κ2) is 6.97. The second-order valence-corrected chi connectivity index (χ2v) is 4.32. The van der Waals surface area contributed by atoms with E-state index in [2.05, 4.69) is 21.2 Å². The summed E-state index contributed by atoms with van der Waals surface area (Å²) in [7, 11) is 1.59. The summed E-state index contributed by atoms with van der Waals surface area (Å²) in [6.07, 6.45) is 0. The average molecular weight is 316 g/mol. The number of hydrogen-bond acceptors (Lipinski definition) is 4. The molecule has 0 aliphatic rings. The van der Waals surface area contributed by atoms with Crippen molar-refractivity contribution in [2.24, 2.45) is 5.73 Å². The highest BCUT2D eigenvalue weighted by Crippen LogP contribution is 2.25. The number of nitrogens with one attached hydrogen (secondary N) is 2. The molecule has 1 rings (SSSR count). The van der Waals surface area contributed by atoms with Gasteiger partial charge in [0.25, 0.3) is 0 Å². The van der Waals surface area contributed by atoms with Crippen molar-refractivity contribution in [1.82, 2.24) is 5.32 Å². The van der Waals surface area contributed by atoms with Crippen LogP contribution in [0.15, 0.2) is 22.7 Å². The molecule has 0 saturated heterocycles. The molecule has 1 aromatic carbocycles. The molecular weight excluding hydrogens is 302 g/mol. The maximum atomic E-state index is 11.3. The van der Waals surface area contributed by atoms with Crippen molar-refractivity contribution in [2.45, 2.75) is 6.61 Å². The van der Waals surface area contributed by atoms with E-state index in [0.717, 1.165) is 15.7 Å². The molecule has 0 saturated carbocycles. The average Bonchev–Trinajstić information content (AvgIpc) is 2.29. The van der Waals surface area contributed by atoms with Crippen LogP contribution in [0.2, 0.25) is 0 Å². The molecule has 1 aromatic rings. The molecule has 0 radical (unpaired) electrons. The van der Waals surface area contributed by atoms with Gasteiger partial charge in [-0.05, 0) is 12.1 Å². The molecule has 3 amide bonds. The Hall–Kier alpha value is -1.60. The third-order valence-electron chi connectivity index (χ3n) is 2.11. The number of carbonyl (C=O) groups excluding carboxylic acids is 2. The van der Waals surface area contributed by atoms with Crippen molar-refractivity contribution >= 4 is 33.6 Å². The van der Waals surface area contributed by atoms with E-state index in [1.165, 1.54) is 0 Å². The lowest BCUT2D eigenvalue weighted by Gasteiger charge is -2.12. The SMILES string of the molecule is COCc1c(Br)cccc1NCC(=O)NC(N)=O. The van der Waals surface area contributed by atoms with E-state index in [-0.39, 0.29) is 6.54 Å². The lowest BCUT2D eigenvalue weighted by molar-refractivity contribution is -0.118. The third-order valence-corrected chi connectivity index (χ3v) is 2.85. The molecule has 0 fully saturated rings. The van der Waals surface area contributed by atoms with Crippen LogP contribution in [0.25, 0.3) is 0 Å². The largest absolute Gasteiger partial charge is 0.380 e. The molecular formula is C11H14BrN3O3. The number of ether oxygens (including phenoxy) is 1. The summed E-state index contributed by atoms with van der Waals surface area (Å²) in [6.45, 7) is 0.358. The minimum absolute atomic E-state index is 0.0455. The number of methoxy groups -OCH3 is 1. The minimum Gasteiger partial charge on any atom is -0.380 e. The Bertz CT molecular complexity index is 451. The smallest absolute Gasteiger partial charge is 0.318 e. The van der Waals surface area contributed by atoms with Crippen LogP contribution in [-0.4, -0.2) is 25.6 Å². The number of imide groups is 1. The van der Waals surface area contributed by atoms with Gasteiger partial charge in [0.15, 0.2) is 0 Å². The number of primary amides is 1. The molecule has 0 heterocycles. The van der Waals surface area contributed by atoms with Gasteiger partial charge >= 0.3 is 6.03 Å².